The van der Waals surface area contributed by atoms with Gasteiger partial charge in [0.25, 0.3) is 5.56 Å². The number of amides is 1. The number of fused-ring (bicyclic) bond motifs is 1. The van der Waals surface area contributed by atoms with E-state index in [0.29, 0.717) is 25.2 Å². The third-order valence-electron chi connectivity index (χ3n) is 6.37. The van der Waals surface area contributed by atoms with Crippen molar-refractivity contribution in [3.8, 4) is 0 Å². The molecule has 12 heteroatoms. The van der Waals surface area contributed by atoms with Gasteiger partial charge in [-0.2, -0.15) is 31.4 Å². The smallest absolute Gasteiger partial charge is 0.343 e. The van der Waals surface area contributed by atoms with E-state index in [-0.39, 0.29) is 35.9 Å². The highest BCUT2D eigenvalue weighted by Gasteiger charge is 2.41. The second kappa shape index (κ2) is 16.4. The fourth-order valence-electron chi connectivity index (χ4n) is 4.40. The number of hydrogen-bond donors (Lipinski definition) is 1. The van der Waals surface area contributed by atoms with Crippen LogP contribution in [0.25, 0.3) is 0 Å². The lowest BCUT2D eigenvalue weighted by molar-refractivity contribution is -0.139. The number of nitrogens with one attached hydrogen (secondary N) is 1. The molecule has 40 heavy (non-hydrogen) atoms. The lowest BCUT2D eigenvalue weighted by Gasteiger charge is -2.23. The number of alkyl halides is 6. The summed E-state index contributed by atoms with van der Waals surface area (Å²) in [4.78, 5) is 29.7. The summed E-state index contributed by atoms with van der Waals surface area (Å²) in [5.74, 6) is -0.427. The Kier molecular flexibility index (Phi) is 14.4. The summed E-state index contributed by atoms with van der Waals surface area (Å²) >= 11 is 0. The van der Waals surface area contributed by atoms with Gasteiger partial charge in [0.2, 0.25) is 5.91 Å². The standard InChI is InChI=1S/C18H26F3N3O2.C10H14F3N/c1-3-5-6-10-24(9-4-2)14(25)11-12-7-8-13-15(18(19,20)21)17(26)23-22-16(12)13;1-4-6-8(3)14-7-9(5-2)10(11,12)13/h12H,3-11H2,1-2H3,(H,23,26);5-7H,4H2,1-3H3/b;8-6+,9-5+,14-7+. The van der Waals surface area contributed by atoms with Crippen LogP contribution in [0.2, 0.25) is 0 Å². The summed E-state index contributed by atoms with van der Waals surface area (Å²) in [5, 5.41) is 5.80. The van der Waals surface area contributed by atoms with Crippen molar-refractivity contribution in [3.63, 3.8) is 0 Å². The van der Waals surface area contributed by atoms with E-state index in [2.05, 4.69) is 17.0 Å². The first kappa shape index (κ1) is 35.1. The minimum absolute atomic E-state index is 0.0490. The normalized spacial score (nSPS) is 16.1. The van der Waals surface area contributed by atoms with Crippen molar-refractivity contribution in [3.05, 3.63) is 50.6 Å². The van der Waals surface area contributed by atoms with Crippen LogP contribution in [0.4, 0.5) is 26.3 Å². The Labute approximate surface area is 231 Å². The van der Waals surface area contributed by atoms with E-state index in [1.807, 2.05) is 18.9 Å². The first-order valence-corrected chi connectivity index (χ1v) is 13.6. The van der Waals surface area contributed by atoms with Gasteiger partial charge in [0.05, 0.1) is 11.3 Å². The molecule has 1 N–H and O–H groups in total. The first-order valence-electron chi connectivity index (χ1n) is 13.6. The third kappa shape index (κ3) is 10.9. The molecule has 2 rings (SSSR count). The largest absolute Gasteiger partial charge is 0.422 e. The van der Waals surface area contributed by atoms with Crippen molar-refractivity contribution in [2.24, 2.45) is 4.99 Å². The van der Waals surface area contributed by atoms with Gasteiger partial charge in [-0.25, -0.2) is 5.10 Å². The minimum atomic E-state index is -4.71. The van der Waals surface area contributed by atoms with Crippen molar-refractivity contribution in [2.45, 2.75) is 104 Å². The second-order valence-electron chi connectivity index (χ2n) is 9.57. The number of aliphatic imine (C=N–C) groups is 1. The highest BCUT2D eigenvalue weighted by Crippen LogP contribution is 2.39. The Morgan fingerprint density at radius 3 is 2.30 bits per heavy atom. The van der Waals surface area contributed by atoms with Gasteiger partial charge in [0.1, 0.15) is 5.56 Å². The van der Waals surface area contributed by atoms with E-state index < -0.39 is 29.0 Å². The van der Waals surface area contributed by atoms with Gasteiger partial charge in [-0.1, -0.05) is 45.8 Å². The Morgan fingerprint density at radius 1 is 1.10 bits per heavy atom. The monoisotopic (exact) mass is 578 g/mol. The zero-order valence-corrected chi connectivity index (χ0v) is 23.8. The number of carbonyl (C=O) groups is 1. The topological polar surface area (TPSA) is 78.4 Å². The molecule has 0 bridgehead atoms. The molecule has 1 aliphatic rings. The predicted octanol–water partition coefficient (Wildman–Crippen LogP) is 7.52. The van der Waals surface area contributed by atoms with Crippen LogP contribution in [0.15, 0.2) is 33.2 Å². The number of unbranched alkanes of at least 4 members (excludes halogenated alkanes) is 2. The number of aromatic amines is 1. The Hall–Kier alpha value is -2.92. The number of halogens is 6. The zero-order valence-electron chi connectivity index (χ0n) is 23.8. The van der Waals surface area contributed by atoms with E-state index in [9.17, 15) is 35.9 Å². The number of hydrogen-bond acceptors (Lipinski definition) is 4. The molecule has 1 aromatic rings. The predicted molar refractivity (Wildman–Crippen MR) is 144 cm³/mol. The second-order valence-corrected chi connectivity index (χ2v) is 9.57. The summed E-state index contributed by atoms with van der Waals surface area (Å²) < 4.78 is 76.0. The van der Waals surface area contributed by atoms with Gasteiger partial charge < -0.3 is 4.90 Å². The maximum absolute atomic E-state index is 13.2. The molecule has 0 saturated carbocycles. The molecule has 1 unspecified atom stereocenters. The summed E-state index contributed by atoms with van der Waals surface area (Å²) in [6.07, 6.45) is -0.125. The van der Waals surface area contributed by atoms with E-state index in [0.717, 1.165) is 44.4 Å². The molecule has 1 aromatic heterocycles. The fourth-order valence-corrected chi connectivity index (χ4v) is 4.40. The highest BCUT2D eigenvalue weighted by atomic mass is 19.4. The molecule has 226 valence electrons. The molecule has 1 heterocycles. The first-order chi connectivity index (χ1) is 18.7. The summed E-state index contributed by atoms with van der Waals surface area (Å²) in [7, 11) is 0. The molecular weight excluding hydrogens is 538 g/mol. The number of rotatable bonds is 11. The van der Waals surface area contributed by atoms with Crippen molar-refractivity contribution >= 4 is 12.1 Å². The molecular formula is C28H40F6N4O2. The average Bonchev–Trinajstić information content (AvgIpc) is 3.24. The molecule has 1 amide bonds. The Morgan fingerprint density at radius 2 is 1.77 bits per heavy atom. The van der Waals surface area contributed by atoms with E-state index in [1.165, 1.54) is 6.92 Å². The molecule has 0 saturated heterocycles. The lowest BCUT2D eigenvalue weighted by Crippen LogP contribution is -2.33. The van der Waals surface area contributed by atoms with Crippen molar-refractivity contribution in [1.29, 1.82) is 0 Å². The van der Waals surface area contributed by atoms with Gasteiger partial charge in [-0.3, -0.25) is 14.6 Å². The number of aromatic nitrogens is 2. The van der Waals surface area contributed by atoms with Crippen molar-refractivity contribution in [2.75, 3.05) is 13.1 Å². The molecule has 0 aromatic carbocycles. The van der Waals surface area contributed by atoms with Crippen molar-refractivity contribution < 1.29 is 31.1 Å². The molecule has 0 fully saturated rings. The summed E-state index contributed by atoms with van der Waals surface area (Å²) in [6.45, 7) is 10.3. The van der Waals surface area contributed by atoms with Crippen LogP contribution in [-0.4, -0.2) is 46.5 Å². The lowest BCUT2D eigenvalue weighted by atomic mass is 10.0. The number of nitrogens with zero attached hydrogens (tertiary/aromatic N) is 3. The maximum atomic E-state index is 13.2. The van der Waals surface area contributed by atoms with Crippen molar-refractivity contribution in [1.82, 2.24) is 15.1 Å². The molecule has 0 aliphatic heterocycles. The minimum Gasteiger partial charge on any atom is -0.343 e. The SMILES string of the molecule is CCCCCN(CCC)C(=O)CC1CCc2c1n[nH]c(=O)c2C(F)(F)F.C\C=C(/C=N/C(C)=C/CC)C(F)(F)F. The van der Waals surface area contributed by atoms with E-state index in [4.69, 9.17) is 0 Å². The van der Waals surface area contributed by atoms with Crippen LogP contribution in [0.1, 0.15) is 102 Å². The molecule has 1 atom stereocenters. The van der Waals surface area contributed by atoms with Gasteiger partial charge in [-0.15, -0.1) is 0 Å². The van der Waals surface area contributed by atoms with Gasteiger partial charge in [-0.05, 0) is 51.5 Å². The molecule has 6 nitrogen and oxygen atoms in total. The third-order valence-corrected chi connectivity index (χ3v) is 6.37. The fraction of sp³-hybridized carbons (Fsp3) is 0.643. The summed E-state index contributed by atoms with van der Waals surface area (Å²) in [5.41, 5.74) is -2.33. The number of allylic oxidation sites excluding steroid dienone is 4. The van der Waals surface area contributed by atoms with E-state index >= 15 is 0 Å². The zero-order chi connectivity index (χ0) is 30.5. The van der Waals surface area contributed by atoms with Crippen LogP contribution >= 0.6 is 0 Å². The van der Waals surface area contributed by atoms with Gasteiger partial charge in [0.15, 0.2) is 0 Å². The van der Waals surface area contributed by atoms with E-state index in [1.54, 1.807) is 17.9 Å². The average molecular weight is 579 g/mol. The molecule has 0 spiro atoms. The Bertz CT molecular complexity index is 1100. The number of H-pyrrole nitrogens is 1. The van der Waals surface area contributed by atoms with Gasteiger partial charge in [0, 0.05) is 37.3 Å². The molecule has 0 radical (unpaired) electrons. The molecule has 1 aliphatic carbocycles. The van der Waals surface area contributed by atoms with Crippen LogP contribution < -0.4 is 5.56 Å². The van der Waals surface area contributed by atoms with Crippen LogP contribution in [-0.2, 0) is 17.4 Å². The van der Waals surface area contributed by atoms with Gasteiger partial charge >= 0.3 is 12.4 Å². The Balaban J connectivity index is 0.000000486. The highest BCUT2D eigenvalue weighted by molar-refractivity contribution is 5.80. The summed E-state index contributed by atoms with van der Waals surface area (Å²) in [6, 6.07) is 0. The maximum Gasteiger partial charge on any atom is 0.422 e. The number of carbonyl (C=O) groups excluding carboxylic acids is 1. The quantitative estimate of drug-likeness (QED) is 0.168. The van der Waals surface area contributed by atoms with Crippen LogP contribution in [0, 0.1) is 0 Å². The van der Waals surface area contributed by atoms with Crippen LogP contribution in [0.3, 0.4) is 0 Å². The van der Waals surface area contributed by atoms with Crippen LogP contribution in [0.5, 0.6) is 0 Å².